The Morgan fingerprint density at radius 3 is 2.70 bits per heavy atom. The van der Waals surface area contributed by atoms with Crippen LogP contribution < -0.4 is 5.32 Å². The zero-order chi connectivity index (χ0) is 20.5. The Morgan fingerprint density at radius 2 is 1.97 bits per heavy atom. The van der Waals surface area contributed by atoms with Crippen molar-refractivity contribution < 1.29 is 0 Å². The van der Waals surface area contributed by atoms with Gasteiger partial charge in [-0.25, -0.2) is 0 Å². The number of piperidine rings is 1. The number of aromatic amines is 1. The zero-order valence-corrected chi connectivity index (χ0v) is 18.4. The number of fused-ring (bicyclic) bond motifs is 1. The van der Waals surface area contributed by atoms with Crippen LogP contribution in [0.1, 0.15) is 48.9 Å². The number of aromatic nitrogens is 2. The molecule has 1 atom stereocenters. The van der Waals surface area contributed by atoms with Gasteiger partial charge < -0.3 is 15.2 Å². The first kappa shape index (κ1) is 19.8. The van der Waals surface area contributed by atoms with Gasteiger partial charge in [-0.1, -0.05) is 13.0 Å². The minimum absolute atomic E-state index is 0.693. The molecule has 0 bridgehead atoms. The summed E-state index contributed by atoms with van der Waals surface area (Å²) in [5.41, 5.74) is 7.78. The van der Waals surface area contributed by atoms with E-state index < -0.39 is 0 Å². The van der Waals surface area contributed by atoms with Gasteiger partial charge in [0.1, 0.15) is 0 Å². The number of likely N-dealkylation sites (tertiary alicyclic amines) is 1. The Bertz CT molecular complexity index is 1010. The van der Waals surface area contributed by atoms with Crippen molar-refractivity contribution in [2.45, 2.75) is 45.4 Å². The average Bonchev–Trinajstić information content (AvgIpc) is 3.41. The molecule has 5 rings (SSSR count). The maximum atomic E-state index is 4.37. The molecule has 0 spiro atoms. The molecule has 0 saturated carbocycles. The Hall–Kier alpha value is -2.17. The summed E-state index contributed by atoms with van der Waals surface area (Å²) < 4.78 is 0. The molecule has 0 aliphatic carbocycles. The third-order valence-electron chi connectivity index (χ3n) is 7.21. The lowest BCUT2D eigenvalue weighted by Gasteiger charge is -2.33. The lowest BCUT2D eigenvalue weighted by Crippen LogP contribution is -2.37. The standard InChI is InChI=1S/C26H34N4/c1-3-23-24-15-21(20-8-12-30(13-9-20)17-19-6-10-27-16-19)4-5-25(24)29-26(23)22-7-11-28-18(2)14-22/h4-5,7,11,14-15,19-20,27,29H,3,6,8-10,12-13,16-17H2,1-2H3/t19-/m1/s1. The summed E-state index contributed by atoms with van der Waals surface area (Å²) in [6.07, 6.45) is 6.87. The van der Waals surface area contributed by atoms with Crippen LogP contribution in [0, 0.1) is 12.8 Å². The van der Waals surface area contributed by atoms with Gasteiger partial charge in [-0.3, -0.25) is 4.98 Å². The molecular formula is C26H34N4. The predicted octanol–water partition coefficient (Wildman–Crippen LogP) is 4.89. The van der Waals surface area contributed by atoms with Gasteiger partial charge in [-0.05, 0) is 106 Å². The van der Waals surface area contributed by atoms with Crippen molar-refractivity contribution in [3.63, 3.8) is 0 Å². The van der Waals surface area contributed by atoms with E-state index in [-0.39, 0.29) is 0 Å². The normalized spacial score (nSPS) is 20.9. The SMILES string of the molecule is CCc1c(-c2ccnc(C)c2)[nH]c2ccc(C3CCN(C[C@@H]4CCNC4)CC3)cc12. The van der Waals surface area contributed by atoms with E-state index in [1.807, 2.05) is 6.20 Å². The first-order valence-electron chi connectivity index (χ1n) is 11.7. The summed E-state index contributed by atoms with van der Waals surface area (Å²) in [4.78, 5) is 10.8. The second-order valence-corrected chi connectivity index (χ2v) is 9.26. The van der Waals surface area contributed by atoms with Crippen LogP contribution in [-0.2, 0) is 6.42 Å². The van der Waals surface area contributed by atoms with Crippen LogP contribution in [0.5, 0.6) is 0 Å². The largest absolute Gasteiger partial charge is 0.354 e. The van der Waals surface area contributed by atoms with Crippen molar-refractivity contribution in [3.8, 4) is 11.3 Å². The molecule has 2 aliphatic heterocycles. The lowest BCUT2D eigenvalue weighted by atomic mass is 9.88. The number of rotatable bonds is 5. The van der Waals surface area contributed by atoms with Gasteiger partial charge in [-0.15, -0.1) is 0 Å². The maximum Gasteiger partial charge on any atom is 0.0498 e. The van der Waals surface area contributed by atoms with E-state index in [0.29, 0.717) is 5.92 Å². The Kier molecular flexibility index (Phi) is 5.62. The number of nitrogens with one attached hydrogen (secondary N) is 2. The van der Waals surface area contributed by atoms with E-state index >= 15 is 0 Å². The molecule has 4 heteroatoms. The van der Waals surface area contributed by atoms with Gasteiger partial charge in [0.05, 0.1) is 0 Å². The topological polar surface area (TPSA) is 44.0 Å². The van der Waals surface area contributed by atoms with E-state index in [2.05, 4.69) is 64.4 Å². The van der Waals surface area contributed by atoms with Gasteiger partial charge in [0.15, 0.2) is 0 Å². The average molecular weight is 403 g/mol. The van der Waals surface area contributed by atoms with E-state index in [1.165, 1.54) is 85.3 Å². The molecule has 3 aromatic rings. The highest BCUT2D eigenvalue weighted by Gasteiger charge is 2.24. The number of hydrogen-bond donors (Lipinski definition) is 2. The number of aryl methyl sites for hydroxylation is 2. The summed E-state index contributed by atoms with van der Waals surface area (Å²) in [6.45, 7) is 10.5. The third kappa shape index (κ3) is 3.91. The number of pyridine rings is 1. The van der Waals surface area contributed by atoms with Crippen LogP contribution in [0.4, 0.5) is 0 Å². The molecule has 1 aromatic carbocycles. The first-order valence-corrected chi connectivity index (χ1v) is 11.7. The van der Waals surface area contributed by atoms with Crippen LogP contribution in [0.2, 0.25) is 0 Å². The number of benzene rings is 1. The molecule has 0 radical (unpaired) electrons. The first-order chi connectivity index (χ1) is 14.7. The van der Waals surface area contributed by atoms with Crippen molar-refractivity contribution in [3.05, 3.63) is 53.3 Å². The van der Waals surface area contributed by atoms with Gasteiger partial charge in [-0.2, -0.15) is 0 Å². The molecule has 0 amide bonds. The van der Waals surface area contributed by atoms with Gasteiger partial charge in [0.25, 0.3) is 0 Å². The van der Waals surface area contributed by atoms with Crippen LogP contribution in [0.3, 0.4) is 0 Å². The second-order valence-electron chi connectivity index (χ2n) is 9.26. The van der Waals surface area contributed by atoms with Crippen molar-refractivity contribution in [1.82, 2.24) is 20.2 Å². The highest BCUT2D eigenvalue weighted by atomic mass is 15.1. The summed E-state index contributed by atoms with van der Waals surface area (Å²) in [6, 6.07) is 11.4. The fraction of sp³-hybridized carbons (Fsp3) is 0.500. The second kappa shape index (κ2) is 8.52. The molecule has 4 heterocycles. The molecule has 2 N–H and O–H groups in total. The highest BCUT2D eigenvalue weighted by molar-refractivity contribution is 5.91. The van der Waals surface area contributed by atoms with Gasteiger partial charge in [0.2, 0.25) is 0 Å². The van der Waals surface area contributed by atoms with E-state index in [9.17, 15) is 0 Å². The predicted molar refractivity (Wildman–Crippen MR) is 125 cm³/mol. The zero-order valence-electron chi connectivity index (χ0n) is 18.4. The van der Waals surface area contributed by atoms with E-state index in [4.69, 9.17) is 0 Å². The van der Waals surface area contributed by atoms with Crippen LogP contribution >= 0.6 is 0 Å². The molecule has 2 aromatic heterocycles. The van der Waals surface area contributed by atoms with Crippen molar-refractivity contribution >= 4 is 10.9 Å². The maximum absolute atomic E-state index is 4.37. The molecule has 2 fully saturated rings. The van der Waals surface area contributed by atoms with Crippen molar-refractivity contribution in [2.75, 3.05) is 32.7 Å². The fourth-order valence-electron chi connectivity index (χ4n) is 5.52. The fourth-order valence-corrected chi connectivity index (χ4v) is 5.52. The molecule has 0 unspecified atom stereocenters. The molecule has 4 nitrogen and oxygen atoms in total. The monoisotopic (exact) mass is 402 g/mol. The van der Waals surface area contributed by atoms with Crippen LogP contribution in [0.25, 0.3) is 22.2 Å². The smallest absolute Gasteiger partial charge is 0.0498 e. The molecule has 158 valence electrons. The molecule has 2 aliphatic rings. The Balaban J connectivity index is 1.36. The number of nitrogens with zero attached hydrogens (tertiary/aromatic N) is 2. The Morgan fingerprint density at radius 1 is 1.10 bits per heavy atom. The van der Waals surface area contributed by atoms with Gasteiger partial charge in [0, 0.05) is 40.6 Å². The minimum atomic E-state index is 0.693. The van der Waals surface area contributed by atoms with Crippen molar-refractivity contribution in [2.24, 2.45) is 5.92 Å². The molecule has 2 saturated heterocycles. The summed E-state index contributed by atoms with van der Waals surface area (Å²) in [5, 5.41) is 4.91. The third-order valence-corrected chi connectivity index (χ3v) is 7.21. The summed E-state index contributed by atoms with van der Waals surface area (Å²) >= 11 is 0. The van der Waals surface area contributed by atoms with Crippen molar-refractivity contribution in [1.29, 1.82) is 0 Å². The lowest BCUT2D eigenvalue weighted by molar-refractivity contribution is 0.187. The van der Waals surface area contributed by atoms with Gasteiger partial charge >= 0.3 is 0 Å². The van der Waals surface area contributed by atoms with Crippen LogP contribution in [-0.4, -0.2) is 47.6 Å². The van der Waals surface area contributed by atoms with E-state index in [0.717, 1.165) is 18.0 Å². The summed E-state index contributed by atoms with van der Waals surface area (Å²) in [5.74, 6) is 1.55. The Labute approximate surface area is 180 Å². The number of H-pyrrole nitrogens is 1. The van der Waals surface area contributed by atoms with Crippen LogP contribution in [0.15, 0.2) is 36.5 Å². The molecular weight excluding hydrogens is 368 g/mol. The summed E-state index contributed by atoms with van der Waals surface area (Å²) in [7, 11) is 0. The molecule has 30 heavy (non-hydrogen) atoms. The minimum Gasteiger partial charge on any atom is -0.354 e. The number of hydrogen-bond acceptors (Lipinski definition) is 3. The highest BCUT2D eigenvalue weighted by Crippen LogP contribution is 2.35. The van der Waals surface area contributed by atoms with E-state index in [1.54, 1.807) is 0 Å². The quantitative estimate of drug-likeness (QED) is 0.639.